The number of nitrogens with zero attached hydrogens (tertiary/aromatic N) is 2. The Morgan fingerprint density at radius 1 is 0.969 bits per heavy atom. The van der Waals surface area contributed by atoms with Crippen molar-refractivity contribution in [2.24, 2.45) is 5.92 Å². The van der Waals surface area contributed by atoms with E-state index in [4.69, 9.17) is 14.2 Å². The molecule has 32 heavy (non-hydrogen) atoms. The normalized spacial score (nSPS) is 12.3. The van der Waals surface area contributed by atoms with Crippen LogP contribution in [0.3, 0.4) is 0 Å². The average Bonchev–Trinajstić information content (AvgIpc) is 3.22. The van der Waals surface area contributed by atoms with Crippen LogP contribution in [0.5, 0.6) is 0 Å². The number of ether oxygens (including phenoxy) is 3. The van der Waals surface area contributed by atoms with Gasteiger partial charge in [0, 0.05) is 24.9 Å². The molecular weight excluding hydrogens is 406 g/mol. The number of aromatic nitrogens is 2. The zero-order valence-corrected chi connectivity index (χ0v) is 20.0. The highest BCUT2D eigenvalue weighted by molar-refractivity contribution is 5.94. The molecular formula is C25H39N3O4. The van der Waals surface area contributed by atoms with Gasteiger partial charge in [0.15, 0.2) is 0 Å². The Balaban J connectivity index is 1.50. The summed E-state index contributed by atoms with van der Waals surface area (Å²) in [4.78, 5) is 12.3. The van der Waals surface area contributed by atoms with Crippen LogP contribution in [0, 0.1) is 12.8 Å². The second kappa shape index (κ2) is 14.8. The van der Waals surface area contributed by atoms with Crippen molar-refractivity contribution in [2.45, 2.75) is 46.6 Å². The summed E-state index contributed by atoms with van der Waals surface area (Å²) in [5.41, 5.74) is 2.87. The monoisotopic (exact) mass is 445 g/mol. The van der Waals surface area contributed by atoms with Gasteiger partial charge in [-0.05, 0) is 55.9 Å². The molecule has 1 aromatic heterocycles. The highest BCUT2D eigenvalue weighted by Gasteiger charge is 2.10. The Morgan fingerprint density at radius 3 is 2.19 bits per heavy atom. The third-order valence-corrected chi connectivity index (χ3v) is 5.13. The molecule has 0 saturated carbocycles. The molecule has 0 bridgehead atoms. The summed E-state index contributed by atoms with van der Waals surface area (Å²) in [5, 5.41) is 7.24. The first kappa shape index (κ1) is 26.0. The van der Waals surface area contributed by atoms with Gasteiger partial charge in [-0.15, -0.1) is 0 Å². The maximum absolute atomic E-state index is 12.3. The molecule has 2 rings (SSSR count). The first-order valence-electron chi connectivity index (χ1n) is 11.6. The van der Waals surface area contributed by atoms with Gasteiger partial charge in [-0.3, -0.25) is 9.48 Å². The molecule has 0 radical (unpaired) electrons. The molecule has 0 fully saturated rings. The van der Waals surface area contributed by atoms with Crippen LogP contribution in [0.4, 0.5) is 0 Å². The molecule has 7 nitrogen and oxygen atoms in total. The fourth-order valence-electron chi connectivity index (χ4n) is 3.18. The van der Waals surface area contributed by atoms with Crippen LogP contribution < -0.4 is 5.32 Å². The molecule has 178 valence electrons. The van der Waals surface area contributed by atoms with Gasteiger partial charge in [0.25, 0.3) is 5.91 Å². The molecule has 2 aromatic rings. The quantitative estimate of drug-likeness (QED) is 0.395. The van der Waals surface area contributed by atoms with Gasteiger partial charge in [-0.2, -0.15) is 5.10 Å². The first-order valence-corrected chi connectivity index (χ1v) is 11.6. The maximum atomic E-state index is 12.3. The minimum absolute atomic E-state index is 0.103. The van der Waals surface area contributed by atoms with E-state index in [1.54, 1.807) is 0 Å². The number of aryl methyl sites for hydroxylation is 1. The van der Waals surface area contributed by atoms with Crippen molar-refractivity contribution in [1.29, 1.82) is 0 Å². The zero-order valence-electron chi connectivity index (χ0n) is 20.0. The lowest BCUT2D eigenvalue weighted by molar-refractivity contribution is 0.0142. The van der Waals surface area contributed by atoms with E-state index < -0.39 is 0 Å². The standard InChI is InChI=1S/C25H39N3O4/c1-20(2)6-5-12-30-14-16-32-17-15-31-13-11-26-25(29)24-9-7-23(8-10-24)22(4)28-19-21(3)18-27-28/h7-10,18-20,22H,5-6,11-17H2,1-4H3,(H,26,29). The minimum Gasteiger partial charge on any atom is -0.379 e. The van der Waals surface area contributed by atoms with E-state index in [-0.39, 0.29) is 11.9 Å². The molecule has 0 aliphatic heterocycles. The average molecular weight is 446 g/mol. The minimum atomic E-state index is -0.103. The lowest BCUT2D eigenvalue weighted by Crippen LogP contribution is -2.27. The van der Waals surface area contributed by atoms with Crippen molar-refractivity contribution >= 4 is 5.91 Å². The van der Waals surface area contributed by atoms with Gasteiger partial charge in [-0.1, -0.05) is 26.0 Å². The van der Waals surface area contributed by atoms with Crippen LogP contribution in [0.2, 0.25) is 0 Å². The van der Waals surface area contributed by atoms with Gasteiger partial charge in [0.2, 0.25) is 0 Å². The Labute approximate surface area is 192 Å². The molecule has 1 N–H and O–H groups in total. The molecule has 1 heterocycles. The summed E-state index contributed by atoms with van der Waals surface area (Å²) in [7, 11) is 0. The summed E-state index contributed by atoms with van der Waals surface area (Å²) in [6.45, 7) is 12.5. The van der Waals surface area contributed by atoms with Crippen LogP contribution in [-0.4, -0.2) is 61.9 Å². The van der Waals surface area contributed by atoms with Gasteiger partial charge < -0.3 is 19.5 Å². The van der Waals surface area contributed by atoms with E-state index >= 15 is 0 Å². The SMILES string of the molecule is Cc1cnn(C(C)c2ccc(C(=O)NCCOCCOCCOCCCC(C)C)cc2)c1. The highest BCUT2D eigenvalue weighted by Crippen LogP contribution is 2.18. The smallest absolute Gasteiger partial charge is 0.251 e. The Bertz CT molecular complexity index is 774. The third-order valence-electron chi connectivity index (χ3n) is 5.13. The van der Waals surface area contributed by atoms with Gasteiger partial charge in [0.05, 0.1) is 45.3 Å². The van der Waals surface area contributed by atoms with E-state index in [1.807, 2.05) is 48.3 Å². The maximum Gasteiger partial charge on any atom is 0.251 e. The van der Waals surface area contributed by atoms with Crippen molar-refractivity contribution in [3.8, 4) is 0 Å². The second-order valence-electron chi connectivity index (χ2n) is 8.42. The molecule has 1 amide bonds. The summed E-state index contributed by atoms with van der Waals surface area (Å²) >= 11 is 0. The Kier molecular flexibility index (Phi) is 12.0. The second-order valence-corrected chi connectivity index (χ2v) is 8.42. The van der Waals surface area contributed by atoms with Gasteiger partial charge in [0.1, 0.15) is 0 Å². The number of nitrogens with one attached hydrogen (secondary N) is 1. The Hall–Kier alpha value is -2.22. The molecule has 1 atom stereocenters. The van der Waals surface area contributed by atoms with E-state index in [2.05, 4.69) is 31.2 Å². The van der Waals surface area contributed by atoms with E-state index in [0.29, 0.717) is 45.1 Å². The fraction of sp³-hybridized carbons (Fsp3) is 0.600. The van der Waals surface area contributed by atoms with E-state index in [0.717, 1.165) is 30.1 Å². The lowest BCUT2D eigenvalue weighted by Gasteiger charge is -2.13. The zero-order chi connectivity index (χ0) is 23.2. The Morgan fingerprint density at radius 2 is 1.59 bits per heavy atom. The molecule has 0 aliphatic rings. The molecule has 0 aliphatic carbocycles. The van der Waals surface area contributed by atoms with Gasteiger partial charge in [-0.25, -0.2) is 0 Å². The summed E-state index contributed by atoms with van der Waals surface area (Å²) in [5.74, 6) is 0.623. The summed E-state index contributed by atoms with van der Waals surface area (Å²) < 4.78 is 18.4. The molecule has 7 heteroatoms. The molecule has 1 aromatic carbocycles. The summed E-state index contributed by atoms with van der Waals surface area (Å²) in [6.07, 6.45) is 6.15. The highest BCUT2D eigenvalue weighted by atomic mass is 16.5. The van der Waals surface area contributed by atoms with Crippen molar-refractivity contribution in [3.05, 3.63) is 53.3 Å². The number of amides is 1. The number of benzene rings is 1. The number of carbonyl (C=O) groups excluding carboxylic acids is 1. The number of carbonyl (C=O) groups is 1. The number of hydrogen-bond donors (Lipinski definition) is 1. The number of rotatable bonds is 16. The van der Waals surface area contributed by atoms with Crippen LogP contribution >= 0.6 is 0 Å². The van der Waals surface area contributed by atoms with E-state index in [9.17, 15) is 4.79 Å². The van der Waals surface area contributed by atoms with Crippen LogP contribution in [-0.2, 0) is 14.2 Å². The predicted molar refractivity (Wildman–Crippen MR) is 126 cm³/mol. The van der Waals surface area contributed by atoms with Crippen molar-refractivity contribution in [3.63, 3.8) is 0 Å². The van der Waals surface area contributed by atoms with E-state index in [1.165, 1.54) is 6.42 Å². The lowest BCUT2D eigenvalue weighted by atomic mass is 10.1. The predicted octanol–water partition coefficient (Wildman–Crippen LogP) is 4.02. The van der Waals surface area contributed by atoms with Crippen molar-refractivity contribution < 1.29 is 19.0 Å². The van der Waals surface area contributed by atoms with Crippen molar-refractivity contribution in [1.82, 2.24) is 15.1 Å². The largest absolute Gasteiger partial charge is 0.379 e. The topological polar surface area (TPSA) is 74.6 Å². The number of hydrogen-bond acceptors (Lipinski definition) is 5. The van der Waals surface area contributed by atoms with Crippen LogP contribution in [0.15, 0.2) is 36.7 Å². The molecule has 0 spiro atoms. The van der Waals surface area contributed by atoms with Crippen LogP contribution in [0.1, 0.15) is 61.1 Å². The van der Waals surface area contributed by atoms with Crippen molar-refractivity contribution in [2.75, 3.05) is 46.2 Å². The molecule has 1 unspecified atom stereocenters. The summed E-state index contributed by atoms with van der Waals surface area (Å²) in [6, 6.07) is 7.75. The first-order chi connectivity index (χ1) is 15.5. The van der Waals surface area contributed by atoms with Gasteiger partial charge >= 0.3 is 0 Å². The third kappa shape index (κ3) is 9.94. The van der Waals surface area contributed by atoms with Crippen LogP contribution in [0.25, 0.3) is 0 Å². The fourth-order valence-corrected chi connectivity index (χ4v) is 3.18. The molecule has 0 saturated heterocycles.